The standard InChI is InChI=1S/C18H25ClN4O4/c1-21-4-6-22(7-5-21)10-12-2-3-13(8-15(12)19)20-17(25)16-9-14(24)11-23(16)18(26)27/h2-3,8,14,16,24H,4-7,9-11H2,1H3,(H,20,25)(H,26,27)/t14-,16+/m0/s1. The van der Waals surface area contributed by atoms with E-state index >= 15 is 0 Å². The topological polar surface area (TPSA) is 96.4 Å². The number of benzene rings is 1. The Morgan fingerprint density at radius 3 is 2.59 bits per heavy atom. The minimum atomic E-state index is -1.22. The van der Waals surface area contributed by atoms with Crippen LogP contribution in [0.4, 0.5) is 10.5 Å². The number of hydrogen-bond donors (Lipinski definition) is 3. The van der Waals surface area contributed by atoms with Crippen LogP contribution in [-0.2, 0) is 11.3 Å². The van der Waals surface area contributed by atoms with Gasteiger partial charge in [-0.2, -0.15) is 0 Å². The number of nitrogens with zero attached hydrogens (tertiary/aromatic N) is 3. The number of β-amino-alcohol motifs (C(OH)–C–C–N with tert-alkyl or cyclic N) is 1. The molecule has 2 amide bonds. The number of anilines is 1. The van der Waals surface area contributed by atoms with Gasteiger partial charge in [0, 0.05) is 49.9 Å². The van der Waals surface area contributed by atoms with Crippen molar-refractivity contribution in [3.63, 3.8) is 0 Å². The Hall–Kier alpha value is -1.87. The van der Waals surface area contributed by atoms with Crippen LogP contribution >= 0.6 is 11.6 Å². The van der Waals surface area contributed by atoms with E-state index in [0.717, 1.165) is 43.2 Å². The molecule has 2 aliphatic rings. The second-order valence-corrected chi connectivity index (χ2v) is 7.62. The first kappa shape index (κ1) is 19.9. The van der Waals surface area contributed by atoms with Gasteiger partial charge in [-0.15, -0.1) is 0 Å². The third-order valence-electron chi connectivity index (χ3n) is 5.14. The first-order valence-corrected chi connectivity index (χ1v) is 9.39. The zero-order valence-electron chi connectivity index (χ0n) is 15.3. The van der Waals surface area contributed by atoms with Gasteiger partial charge < -0.3 is 20.4 Å². The van der Waals surface area contributed by atoms with Crippen molar-refractivity contribution < 1.29 is 19.8 Å². The van der Waals surface area contributed by atoms with Crippen LogP contribution in [-0.4, -0.2) is 88.8 Å². The number of amides is 2. The van der Waals surface area contributed by atoms with Crippen molar-refractivity contribution in [1.82, 2.24) is 14.7 Å². The van der Waals surface area contributed by atoms with E-state index in [0.29, 0.717) is 10.7 Å². The third kappa shape index (κ3) is 4.90. The summed E-state index contributed by atoms with van der Waals surface area (Å²) < 4.78 is 0. The maximum atomic E-state index is 12.4. The minimum Gasteiger partial charge on any atom is -0.465 e. The summed E-state index contributed by atoms with van der Waals surface area (Å²) >= 11 is 6.39. The fourth-order valence-electron chi connectivity index (χ4n) is 3.50. The molecule has 1 aromatic rings. The number of aliphatic hydroxyl groups excluding tert-OH is 1. The summed E-state index contributed by atoms with van der Waals surface area (Å²) in [4.78, 5) is 29.3. The summed E-state index contributed by atoms with van der Waals surface area (Å²) in [5, 5.41) is 22.1. The SMILES string of the molecule is CN1CCN(Cc2ccc(NC(=O)[C@H]3C[C@H](O)CN3C(=O)O)cc2Cl)CC1. The molecule has 0 unspecified atom stereocenters. The monoisotopic (exact) mass is 396 g/mol. The summed E-state index contributed by atoms with van der Waals surface area (Å²) in [6.07, 6.45) is -1.95. The fraction of sp³-hybridized carbons (Fsp3) is 0.556. The van der Waals surface area contributed by atoms with Crippen molar-refractivity contribution in [3.05, 3.63) is 28.8 Å². The van der Waals surface area contributed by atoms with Gasteiger partial charge in [0.2, 0.25) is 5.91 Å². The van der Waals surface area contributed by atoms with E-state index in [4.69, 9.17) is 11.6 Å². The van der Waals surface area contributed by atoms with Gasteiger partial charge in [-0.05, 0) is 24.7 Å². The molecule has 1 aromatic carbocycles. The average molecular weight is 397 g/mol. The molecule has 2 heterocycles. The molecule has 0 saturated carbocycles. The first-order valence-electron chi connectivity index (χ1n) is 9.01. The molecule has 0 aliphatic carbocycles. The number of likely N-dealkylation sites (tertiary alicyclic amines) is 1. The van der Waals surface area contributed by atoms with Crippen molar-refractivity contribution in [2.45, 2.75) is 25.1 Å². The number of halogens is 1. The highest BCUT2D eigenvalue weighted by molar-refractivity contribution is 6.31. The van der Waals surface area contributed by atoms with Crippen LogP contribution in [0.15, 0.2) is 18.2 Å². The van der Waals surface area contributed by atoms with Gasteiger partial charge in [-0.25, -0.2) is 4.79 Å². The number of hydrogen-bond acceptors (Lipinski definition) is 5. The lowest BCUT2D eigenvalue weighted by Crippen LogP contribution is -2.43. The molecular weight excluding hydrogens is 372 g/mol. The molecule has 27 heavy (non-hydrogen) atoms. The number of carbonyl (C=O) groups excluding carboxylic acids is 1. The number of likely N-dealkylation sites (N-methyl/N-ethyl adjacent to an activating group) is 1. The molecule has 3 rings (SSSR count). The second-order valence-electron chi connectivity index (χ2n) is 7.22. The lowest BCUT2D eigenvalue weighted by molar-refractivity contribution is -0.120. The van der Waals surface area contributed by atoms with Crippen molar-refractivity contribution in [3.8, 4) is 0 Å². The molecule has 148 valence electrons. The minimum absolute atomic E-state index is 0.0574. The molecule has 3 N–H and O–H groups in total. The molecule has 2 atom stereocenters. The Labute approximate surface area is 163 Å². The average Bonchev–Trinajstić information content (AvgIpc) is 3.01. The highest BCUT2D eigenvalue weighted by Gasteiger charge is 2.39. The van der Waals surface area contributed by atoms with Crippen LogP contribution in [0.2, 0.25) is 5.02 Å². The molecule has 9 heteroatoms. The maximum absolute atomic E-state index is 12.4. The van der Waals surface area contributed by atoms with Crippen molar-refractivity contribution in [2.24, 2.45) is 0 Å². The number of nitrogens with one attached hydrogen (secondary N) is 1. The fourth-order valence-corrected chi connectivity index (χ4v) is 3.74. The Morgan fingerprint density at radius 1 is 1.26 bits per heavy atom. The van der Waals surface area contributed by atoms with E-state index in [1.807, 2.05) is 6.07 Å². The third-order valence-corrected chi connectivity index (χ3v) is 5.49. The first-order chi connectivity index (χ1) is 12.8. The van der Waals surface area contributed by atoms with Crippen LogP contribution in [0.3, 0.4) is 0 Å². The van der Waals surface area contributed by atoms with E-state index < -0.39 is 24.1 Å². The van der Waals surface area contributed by atoms with Gasteiger partial charge in [0.05, 0.1) is 12.6 Å². The van der Waals surface area contributed by atoms with Crippen LogP contribution in [0.5, 0.6) is 0 Å². The zero-order valence-corrected chi connectivity index (χ0v) is 16.0. The van der Waals surface area contributed by atoms with E-state index in [1.54, 1.807) is 12.1 Å². The van der Waals surface area contributed by atoms with E-state index in [2.05, 4.69) is 22.2 Å². The zero-order chi connectivity index (χ0) is 19.6. The molecular formula is C18H25ClN4O4. The van der Waals surface area contributed by atoms with Crippen LogP contribution in [0.25, 0.3) is 0 Å². The molecule has 0 radical (unpaired) electrons. The lowest BCUT2D eigenvalue weighted by atomic mass is 10.1. The van der Waals surface area contributed by atoms with Gasteiger partial charge in [0.1, 0.15) is 6.04 Å². The molecule has 2 aliphatic heterocycles. The molecule has 0 bridgehead atoms. The van der Waals surface area contributed by atoms with Gasteiger partial charge in [-0.1, -0.05) is 17.7 Å². The van der Waals surface area contributed by atoms with Gasteiger partial charge in [0.15, 0.2) is 0 Å². The van der Waals surface area contributed by atoms with Crippen LogP contribution in [0.1, 0.15) is 12.0 Å². The van der Waals surface area contributed by atoms with E-state index in [-0.39, 0.29) is 13.0 Å². The Bertz CT molecular complexity index is 709. The Morgan fingerprint density at radius 2 is 1.96 bits per heavy atom. The van der Waals surface area contributed by atoms with E-state index in [9.17, 15) is 19.8 Å². The summed E-state index contributed by atoms with van der Waals surface area (Å²) in [7, 11) is 2.11. The predicted molar refractivity (Wildman–Crippen MR) is 102 cm³/mol. The molecule has 2 saturated heterocycles. The van der Waals surface area contributed by atoms with Crippen LogP contribution < -0.4 is 5.32 Å². The number of aliphatic hydroxyl groups is 1. The van der Waals surface area contributed by atoms with Crippen molar-refractivity contribution in [2.75, 3.05) is 45.1 Å². The van der Waals surface area contributed by atoms with Crippen molar-refractivity contribution >= 4 is 29.3 Å². The second kappa shape index (κ2) is 8.43. The maximum Gasteiger partial charge on any atom is 0.408 e. The molecule has 2 fully saturated rings. The van der Waals surface area contributed by atoms with E-state index in [1.165, 1.54) is 0 Å². The van der Waals surface area contributed by atoms with Crippen molar-refractivity contribution in [1.29, 1.82) is 0 Å². The Balaban J connectivity index is 1.62. The largest absolute Gasteiger partial charge is 0.465 e. The quantitative estimate of drug-likeness (QED) is 0.706. The Kier molecular flexibility index (Phi) is 6.21. The van der Waals surface area contributed by atoms with Crippen LogP contribution in [0, 0.1) is 0 Å². The number of carbonyl (C=O) groups is 2. The highest BCUT2D eigenvalue weighted by Crippen LogP contribution is 2.25. The highest BCUT2D eigenvalue weighted by atomic mass is 35.5. The van der Waals surface area contributed by atoms with Gasteiger partial charge in [-0.3, -0.25) is 14.6 Å². The molecule has 0 aromatic heterocycles. The normalized spacial score (nSPS) is 24.2. The number of carboxylic acid groups (broad SMARTS) is 1. The number of piperazine rings is 1. The predicted octanol–water partition coefficient (Wildman–Crippen LogP) is 1.14. The van der Waals surface area contributed by atoms with Gasteiger partial charge in [0.25, 0.3) is 0 Å². The smallest absolute Gasteiger partial charge is 0.408 e. The lowest BCUT2D eigenvalue weighted by Gasteiger charge is -2.32. The summed E-state index contributed by atoms with van der Waals surface area (Å²) in [6.45, 7) is 4.72. The summed E-state index contributed by atoms with van der Waals surface area (Å²) in [6, 6.07) is 4.43. The summed E-state index contributed by atoms with van der Waals surface area (Å²) in [5.74, 6) is -0.461. The molecule has 8 nitrogen and oxygen atoms in total. The summed E-state index contributed by atoms with van der Waals surface area (Å²) in [5.41, 5.74) is 1.50. The molecule has 0 spiro atoms. The number of rotatable bonds is 4. The van der Waals surface area contributed by atoms with Gasteiger partial charge >= 0.3 is 6.09 Å².